The standard InChI is InChI=1S/C18H32/c1-3-5-7-9-11-13-15-17-18-16-14-12-10-8-6-4-2/h3,5,7,9,11H,1,4,6,8,10,12-18H2,2H3/b7-5+,11-9?. The van der Waals surface area contributed by atoms with Crippen molar-refractivity contribution in [1.29, 1.82) is 0 Å². The molecule has 0 unspecified atom stereocenters. The molecule has 0 aliphatic carbocycles. The van der Waals surface area contributed by atoms with Gasteiger partial charge in [-0.1, -0.05) is 102 Å². The van der Waals surface area contributed by atoms with Crippen molar-refractivity contribution in [2.45, 2.75) is 77.6 Å². The summed E-state index contributed by atoms with van der Waals surface area (Å²) >= 11 is 0. The van der Waals surface area contributed by atoms with Crippen LogP contribution in [0.25, 0.3) is 0 Å². The van der Waals surface area contributed by atoms with Crippen LogP contribution < -0.4 is 0 Å². The molecule has 0 N–H and O–H groups in total. The van der Waals surface area contributed by atoms with E-state index in [1.807, 2.05) is 18.2 Å². The maximum absolute atomic E-state index is 3.64. The second kappa shape index (κ2) is 16.2. The van der Waals surface area contributed by atoms with Crippen LogP contribution in [0.5, 0.6) is 0 Å². The molecule has 18 heavy (non-hydrogen) atoms. The Labute approximate surface area is 115 Å². The molecule has 0 rings (SSSR count). The molecule has 0 saturated carbocycles. The van der Waals surface area contributed by atoms with Crippen LogP contribution in [0.3, 0.4) is 0 Å². The number of rotatable bonds is 13. The first kappa shape index (κ1) is 17.2. The molecule has 0 aliphatic rings. The molecular formula is C18H32. The summed E-state index contributed by atoms with van der Waals surface area (Å²) in [7, 11) is 0. The molecule has 0 fully saturated rings. The average Bonchev–Trinajstić information content (AvgIpc) is 2.39. The largest absolute Gasteiger partial charge is 0.0991 e. The maximum Gasteiger partial charge on any atom is -0.0348 e. The van der Waals surface area contributed by atoms with Gasteiger partial charge in [0.05, 0.1) is 0 Å². The normalized spacial score (nSPS) is 11.6. The molecule has 0 amide bonds. The molecule has 0 aromatic heterocycles. The highest BCUT2D eigenvalue weighted by atomic mass is 14.0. The van der Waals surface area contributed by atoms with Crippen molar-refractivity contribution in [3.05, 3.63) is 37.0 Å². The van der Waals surface area contributed by atoms with Gasteiger partial charge in [0.2, 0.25) is 0 Å². The van der Waals surface area contributed by atoms with Crippen molar-refractivity contribution >= 4 is 0 Å². The summed E-state index contributed by atoms with van der Waals surface area (Å²) in [6.07, 6.45) is 25.6. The topological polar surface area (TPSA) is 0 Å². The Morgan fingerprint density at radius 1 is 0.667 bits per heavy atom. The van der Waals surface area contributed by atoms with Crippen molar-refractivity contribution in [2.24, 2.45) is 0 Å². The first-order valence-electron chi connectivity index (χ1n) is 7.86. The predicted molar refractivity (Wildman–Crippen MR) is 84.9 cm³/mol. The summed E-state index contributed by atoms with van der Waals surface area (Å²) in [6, 6.07) is 0. The second-order valence-corrected chi connectivity index (χ2v) is 5.02. The summed E-state index contributed by atoms with van der Waals surface area (Å²) in [5.41, 5.74) is 0. The van der Waals surface area contributed by atoms with E-state index in [9.17, 15) is 0 Å². The van der Waals surface area contributed by atoms with Gasteiger partial charge in [0.1, 0.15) is 0 Å². The lowest BCUT2D eigenvalue weighted by Gasteiger charge is -2.01. The number of hydrogen-bond acceptors (Lipinski definition) is 0. The summed E-state index contributed by atoms with van der Waals surface area (Å²) in [5, 5.41) is 0. The monoisotopic (exact) mass is 248 g/mol. The van der Waals surface area contributed by atoms with Gasteiger partial charge in [-0.05, 0) is 12.8 Å². The predicted octanol–water partition coefficient (Wildman–Crippen LogP) is 6.60. The van der Waals surface area contributed by atoms with Crippen LogP contribution in [-0.2, 0) is 0 Å². The van der Waals surface area contributed by atoms with Crippen molar-refractivity contribution in [2.75, 3.05) is 0 Å². The summed E-state index contributed by atoms with van der Waals surface area (Å²) in [4.78, 5) is 0. The molecule has 104 valence electrons. The van der Waals surface area contributed by atoms with Gasteiger partial charge in [-0.25, -0.2) is 0 Å². The highest BCUT2D eigenvalue weighted by Gasteiger charge is 1.91. The highest BCUT2D eigenvalue weighted by molar-refractivity contribution is 5.08. The van der Waals surface area contributed by atoms with E-state index in [-0.39, 0.29) is 0 Å². The summed E-state index contributed by atoms with van der Waals surface area (Å²) < 4.78 is 0. The molecule has 0 bridgehead atoms. The van der Waals surface area contributed by atoms with Crippen LogP contribution >= 0.6 is 0 Å². The Morgan fingerprint density at radius 2 is 1.22 bits per heavy atom. The maximum atomic E-state index is 3.64. The van der Waals surface area contributed by atoms with Crippen LogP contribution in [-0.4, -0.2) is 0 Å². The van der Waals surface area contributed by atoms with Gasteiger partial charge in [0.25, 0.3) is 0 Å². The van der Waals surface area contributed by atoms with Gasteiger partial charge in [0.15, 0.2) is 0 Å². The molecule has 0 radical (unpaired) electrons. The Balaban J connectivity index is 3.05. The average molecular weight is 248 g/mol. The van der Waals surface area contributed by atoms with Crippen molar-refractivity contribution < 1.29 is 0 Å². The van der Waals surface area contributed by atoms with Crippen LogP contribution in [0.4, 0.5) is 0 Å². The molecule has 0 aliphatic heterocycles. The van der Waals surface area contributed by atoms with E-state index >= 15 is 0 Å². The van der Waals surface area contributed by atoms with E-state index in [1.54, 1.807) is 0 Å². The Hall–Kier alpha value is -0.780. The van der Waals surface area contributed by atoms with Crippen LogP contribution in [0, 0.1) is 0 Å². The van der Waals surface area contributed by atoms with Crippen LogP contribution in [0.2, 0.25) is 0 Å². The minimum atomic E-state index is 1.22. The Morgan fingerprint density at radius 3 is 1.78 bits per heavy atom. The third-order valence-corrected chi connectivity index (χ3v) is 3.22. The first-order valence-corrected chi connectivity index (χ1v) is 7.86. The fourth-order valence-corrected chi connectivity index (χ4v) is 2.07. The van der Waals surface area contributed by atoms with Gasteiger partial charge in [0, 0.05) is 0 Å². The molecule has 0 nitrogen and oxygen atoms in total. The quantitative estimate of drug-likeness (QED) is 0.254. The van der Waals surface area contributed by atoms with Crippen molar-refractivity contribution in [3.8, 4) is 0 Å². The number of allylic oxidation sites excluding steroid dienone is 5. The molecule has 0 heterocycles. The Bertz CT molecular complexity index is 210. The van der Waals surface area contributed by atoms with Gasteiger partial charge in [-0.3, -0.25) is 0 Å². The van der Waals surface area contributed by atoms with Crippen LogP contribution in [0.1, 0.15) is 77.6 Å². The van der Waals surface area contributed by atoms with E-state index in [0.29, 0.717) is 0 Å². The zero-order chi connectivity index (χ0) is 13.3. The van der Waals surface area contributed by atoms with E-state index in [2.05, 4.69) is 25.7 Å². The molecule has 0 aromatic carbocycles. The van der Waals surface area contributed by atoms with Gasteiger partial charge in [-0.15, -0.1) is 0 Å². The van der Waals surface area contributed by atoms with Gasteiger partial charge < -0.3 is 0 Å². The van der Waals surface area contributed by atoms with Gasteiger partial charge in [-0.2, -0.15) is 0 Å². The lowest BCUT2D eigenvalue weighted by molar-refractivity contribution is 0.557. The van der Waals surface area contributed by atoms with Crippen molar-refractivity contribution in [1.82, 2.24) is 0 Å². The van der Waals surface area contributed by atoms with Gasteiger partial charge >= 0.3 is 0 Å². The van der Waals surface area contributed by atoms with E-state index in [1.165, 1.54) is 70.6 Å². The number of hydrogen-bond donors (Lipinski definition) is 0. The minimum absolute atomic E-state index is 1.22. The Kier molecular flexibility index (Phi) is 15.5. The summed E-state index contributed by atoms with van der Waals surface area (Å²) in [5.74, 6) is 0. The van der Waals surface area contributed by atoms with E-state index in [4.69, 9.17) is 0 Å². The smallest absolute Gasteiger partial charge is 0.0348 e. The third kappa shape index (κ3) is 15.2. The van der Waals surface area contributed by atoms with E-state index in [0.717, 1.165) is 0 Å². The molecule has 0 atom stereocenters. The van der Waals surface area contributed by atoms with E-state index < -0.39 is 0 Å². The molecular weight excluding hydrogens is 216 g/mol. The lowest BCUT2D eigenvalue weighted by Crippen LogP contribution is -1.81. The fraction of sp³-hybridized carbons (Fsp3) is 0.667. The molecule has 0 aromatic rings. The lowest BCUT2D eigenvalue weighted by atomic mass is 10.1. The van der Waals surface area contributed by atoms with Crippen LogP contribution in [0.15, 0.2) is 37.0 Å². The molecule has 0 heteroatoms. The zero-order valence-corrected chi connectivity index (χ0v) is 12.4. The highest BCUT2D eigenvalue weighted by Crippen LogP contribution is 2.11. The summed E-state index contributed by atoms with van der Waals surface area (Å²) in [6.45, 7) is 5.92. The SMILES string of the molecule is C=C/C=C/C=CCCCCCCCCCCCC. The van der Waals surface area contributed by atoms with Crippen molar-refractivity contribution in [3.63, 3.8) is 0 Å². The minimum Gasteiger partial charge on any atom is -0.0991 e. The first-order chi connectivity index (χ1) is 8.91. The molecule has 0 spiro atoms. The fourth-order valence-electron chi connectivity index (χ4n) is 2.07. The molecule has 0 saturated heterocycles. The third-order valence-electron chi connectivity index (χ3n) is 3.22. The second-order valence-electron chi connectivity index (χ2n) is 5.02. The number of unbranched alkanes of at least 4 members (excludes halogenated alkanes) is 10. The zero-order valence-electron chi connectivity index (χ0n) is 12.4.